The number of benzene rings is 2. The predicted octanol–water partition coefficient (Wildman–Crippen LogP) is 9.99. The van der Waals surface area contributed by atoms with Crippen LogP contribution in [0.2, 0.25) is 0 Å². The Morgan fingerprint density at radius 1 is 0.507 bits per heavy atom. The first kappa shape index (κ1) is 56.4. The maximum atomic E-state index is 12.7. The molecule has 18 nitrogen and oxygen atoms in total. The Morgan fingerprint density at radius 2 is 0.851 bits per heavy atom. The van der Waals surface area contributed by atoms with Crippen LogP contribution in [0.15, 0.2) is 58.5 Å². The van der Waals surface area contributed by atoms with E-state index >= 15 is 0 Å². The molecule has 0 saturated carbocycles. The molecule has 0 fully saturated rings. The molecule has 2 N–H and O–H groups in total. The van der Waals surface area contributed by atoms with Crippen LogP contribution >= 0.6 is 0 Å². The van der Waals surface area contributed by atoms with Gasteiger partial charge in [0.1, 0.15) is 34.1 Å². The molecule has 0 heterocycles. The minimum Gasteiger partial charge on any atom is -0.493 e. The highest BCUT2D eigenvalue weighted by Crippen LogP contribution is 2.30. The second-order valence-corrected chi connectivity index (χ2v) is 18.8. The third-order valence-electron chi connectivity index (χ3n) is 7.81. The van der Waals surface area contributed by atoms with Crippen molar-refractivity contribution in [2.45, 2.75) is 138 Å². The quantitative estimate of drug-likeness (QED) is 0.0354. The minimum absolute atomic E-state index is 0.0568. The number of carbonyl (C=O) groups is 6. The van der Waals surface area contributed by atoms with E-state index in [0.29, 0.717) is 47.0 Å². The molecule has 0 aliphatic rings. The third-order valence-corrected chi connectivity index (χ3v) is 7.81. The number of nitrogens with zero attached hydrogens (tertiary/aromatic N) is 2. The zero-order valence-corrected chi connectivity index (χ0v) is 41.3. The van der Waals surface area contributed by atoms with Crippen LogP contribution in [-0.2, 0) is 28.5 Å². The van der Waals surface area contributed by atoms with Gasteiger partial charge < -0.3 is 37.9 Å². The summed E-state index contributed by atoms with van der Waals surface area (Å²) in [7, 11) is 2.94. The summed E-state index contributed by atoms with van der Waals surface area (Å²) in [5, 5.41) is 5.03. The van der Waals surface area contributed by atoms with Crippen LogP contribution in [-0.4, -0.2) is 97.4 Å². The third kappa shape index (κ3) is 25.5. The molecule has 0 aliphatic heterocycles. The van der Waals surface area contributed by atoms with Crippen molar-refractivity contribution in [1.29, 1.82) is 0 Å². The zero-order chi connectivity index (χ0) is 50.6. The second-order valence-electron chi connectivity index (χ2n) is 18.8. The lowest BCUT2D eigenvalue weighted by Crippen LogP contribution is -2.37. The monoisotopic (exact) mass is 936 g/mol. The molecule has 2 rings (SSSR count). The van der Waals surface area contributed by atoms with Crippen molar-refractivity contribution in [3.63, 3.8) is 0 Å². The molecule has 2 aromatic carbocycles. The molecular weight excluding hydrogens is 869 g/mol. The Kier molecular flexibility index (Phi) is 21.8. The Labute approximate surface area is 393 Å². The van der Waals surface area contributed by atoms with Crippen LogP contribution in [0, 0.1) is 0 Å². The minimum atomic E-state index is -0.858. The van der Waals surface area contributed by atoms with E-state index in [-0.39, 0.29) is 44.1 Å². The lowest BCUT2D eigenvalue weighted by atomic mass is 10.1. The van der Waals surface area contributed by atoms with Gasteiger partial charge in [-0.1, -0.05) is 24.3 Å². The molecule has 368 valence electrons. The first-order chi connectivity index (χ1) is 31.0. The summed E-state index contributed by atoms with van der Waals surface area (Å²) < 4.78 is 43.9. The lowest BCUT2D eigenvalue weighted by molar-refractivity contribution is -0.121. The maximum Gasteiger partial charge on any atom is 0.435 e. The number of nitrogens with one attached hydrogen (secondary N) is 2. The van der Waals surface area contributed by atoms with Gasteiger partial charge >= 0.3 is 24.4 Å². The predicted molar refractivity (Wildman–Crippen MR) is 254 cm³/mol. The van der Waals surface area contributed by atoms with E-state index < -0.39 is 58.3 Å². The van der Waals surface area contributed by atoms with Crippen molar-refractivity contribution in [2.75, 3.05) is 27.4 Å². The number of ether oxygens (including phenoxy) is 8. The maximum absolute atomic E-state index is 12.7. The van der Waals surface area contributed by atoms with Gasteiger partial charge in [-0.25, -0.2) is 19.2 Å². The molecule has 0 saturated heterocycles. The highest BCUT2D eigenvalue weighted by Gasteiger charge is 2.22. The van der Waals surface area contributed by atoms with E-state index in [1.807, 2.05) is 0 Å². The van der Waals surface area contributed by atoms with Crippen molar-refractivity contribution in [2.24, 2.45) is 9.98 Å². The van der Waals surface area contributed by atoms with Gasteiger partial charge in [0.05, 0.1) is 33.9 Å². The van der Waals surface area contributed by atoms with Crippen LogP contribution in [0.3, 0.4) is 0 Å². The summed E-state index contributed by atoms with van der Waals surface area (Å²) in [6.07, 6.45) is 3.14. The number of hydrogen-bond donors (Lipinski definition) is 2. The molecule has 0 unspecified atom stereocenters. The first-order valence-electron chi connectivity index (χ1n) is 21.7. The summed E-state index contributed by atoms with van der Waals surface area (Å²) >= 11 is 0. The number of ketones is 2. The standard InChI is InChI=1S/C49H68N4O14/c1-46(2,3)64-42(56)50-40(51-43(57)65-47(4,5)6)17-15-27-62-36-25-21-32(29-38(36)60-13)19-23-34(54)31-35(55)24-20-33-22-26-37(39(30-33)61-14)63-28-16-18-41(52-44(58)66-48(7,8)9)53-45(59)67-49(10,11)12/h19-26,29-30H,15-18,27-28,31H2,1-14H3,(H,50,51,56,57)(H,52,53,58,59)/b23-19+,24-20+. The number of hydrogen-bond acceptors (Lipinski definition) is 14. The van der Waals surface area contributed by atoms with Gasteiger partial charge in [-0.3, -0.25) is 20.2 Å². The summed E-state index contributed by atoms with van der Waals surface area (Å²) in [5.74, 6) is 0.891. The normalized spacial score (nSPS) is 12.6. The fraction of sp³-hybridized carbons (Fsp3) is 0.510. The van der Waals surface area contributed by atoms with E-state index in [1.54, 1.807) is 132 Å². The number of methoxy groups -OCH3 is 2. The Morgan fingerprint density at radius 3 is 1.16 bits per heavy atom. The Balaban J connectivity index is 1.97. The van der Waals surface area contributed by atoms with Crippen molar-refractivity contribution in [1.82, 2.24) is 10.6 Å². The molecule has 0 atom stereocenters. The number of amidine groups is 2. The summed E-state index contributed by atoms with van der Waals surface area (Å²) in [4.78, 5) is 82.8. The van der Waals surface area contributed by atoms with E-state index in [2.05, 4.69) is 20.6 Å². The van der Waals surface area contributed by atoms with Crippen molar-refractivity contribution in [3.8, 4) is 23.0 Å². The summed E-state index contributed by atoms with van der Waals surface area (Å²) in [6, 6.07) is 10.1. The van der Waals surface area contributed by atoms with Gasteiger partial charge in [-0.15, -0.1) is 0 Å². The fourth-order valence-electron chi connectivity index (χ4n) is 5.25. The lowest BCUT2D eigenvalue weighted by Gasteiger charge is -2.21. The molecule has 2 aromatic rings. The molecule has 0 spiro atoms. The van der Waals surface area contributed by atoms with E-state index in [9.17, 15) is 28.8 Å². The summed E-state index contributed by atoms with van der Waals surface area (Å²) in [5.41, 5.74) is -1.84. The van der Waals surface area contributed by atoms with Crippen LogP contribution in [0.5, 0.6) is 23.0 Å². The largest absolute Gasteiger partial charge is 0.493 e. The number of carbonyl (C=O) groups excluding carboxylic acids is 6. The van der Waals surface area contributed by atoms with Gasteiger partial charge in [-0.2, -0.15) is 9.98 Å². The number of amides is 4. The molecule has 0 radical (unpaired) electrons. The smallest absolute Gasteiger partial charge is 0.435 e. The average Bonchev–Trinajstić information content (AvgIpc) is 3.16. The second kappa shape index (κ2) is 25.8. The van der Waals surface area contributed by atoms with Crippen molar-refractivity contribution in [3.05, 3.63) is 59.7 Å². The average molecular weight is 937 g/mol. The number of aliphatic imine (C=N–C) groups is 2. The fourth-order valence-corrected chi connectivity index (χ4v) is 5.25. The number of alkyl carbamates (subject to hydrolysis) is 2. The molecule has 67 heavy (non-hydrogen) atoms. The van der Waals surface area contributed by atoms with Gasteiger partial charge in [0.25, 0.3) is 0 Å². The van der Waals surface area contributed by atoms with Gasteiger partial charge in [-0.05, 0) is 143 Å². The van der Waals surface area contributed by atoms with E-state index in [1.165, 1.54) is 26.4 Å². The number of rotatable bonds is 18. The molecule has 18 heteroatoms. The van der Waals surface area contributed by atoms with Crippen LogP contribution in [0.1, 0.15) is 126 Å². The van der Waals surface area contributed by atoms with Crippen molar-refractivity contribution >= 4 is 59.8 Å². The topological polar surface area (TPSA) is 225 Å². The van der Waals surface area contributed by atoms with Crippen LogP contribution < -0.4 is 29.6 Å². The molecule has 0 aliphatic carbocycles. The highest BCUT2D eigenvalue weighted by molar-refractivity contribution is 6.11. The Bertz CT molecular complexity index is 2010. The van der Waals surface area contributed by atoms with Crippen LogP contribution in [0.4, 0.5) is 19.2 Å². The highest BCUT2D eigenvalue weighted by atomic mass is 16.6. The van der Waals surface area contributed by atoms with E-state index in [4.69, 9.17) is 37.9 Å². The molecule has 0 aromatic heterocycles. The first-order valence-corrected chi connectivity index (χ1v) is 21.7. The van der Waals surface area contributed by atoms with Crippen molar-refractivity contribution < 1.29 is 66.7 Å². The molecule has 0 bridgehead atoms. The molecular formula is C49H68N4O14. The van der Waals surface area contributed by atoms with E-state index in [0.717, 1.165) is 0 Å². The number of allylic oxidation sites excluding steroid dienone is 2. The van der Waals surface area contributed by atoms with Gasteiger partial charge in [0.15, 0.2) is 34.6 Å². The van der Waals surface area contributed by atoms with Gasteiger partial charge in [0.2, 0.25) is 0 Å². The molecule has 4 amide bonds. The SMILES string of the molecule is COc1cc(/C=C/C(=O)CC(=O)/C=C/c2ccc(OCCCC(=NC(=O)OC(C)(C)C)NC(=O)OC(C)(C)C)c(OC)c2)ccc1OCCCC(=NC(=O)OC(C)(C)C)NC(=O)OC(C)(C)C. The van der Waals surface area contributed by atoms with Gasteiger partial charge in [0, 0.05) is 12.8 Å². The summed E-state index contributed by atoms with van der Waals surface area (Å²) in [6.45, 7) is 20.8. The van der Waals surface area contributed by atoms with Crippen LogP contribution in [0.25, 0.3) is 12.2 Å². The zero-order valence-electron chi connectivity index (χ0n) is 41.3. The Hall–Kier alpha value is -6.72.